The number of aryl methyl sites for hydroxylation is 1. The molecule has 3 rings (SSSR count). The minimum Gasteiger partial charge on any atom is -0.460 e. The van der Waals surface area contributed by atoms with Crippen LogP contribution >= 0.6 is 12.2 Å². The second kappa shape index (κ2) is 4.90. The van der Waals surface area contributed by atoms with Crippen LogP contribution in [0.25, 0.3) is 10.9 Å². The Morgan fingerprint density at radius 1 is 1.30 bits per heavy atom. The van der Waals surface area contributed by atoms with Crippen molar-refractivity contribution >= 4 is 29.3 Å². The summed E-state index contributed by atoms with van der Waals surface area (Å²) in [6.45, 7) is 1.84. The van der Waals surface area contributed by atoms with Gasteiger partial charge in [-0.1, -0.05) is 12.1 Å². The van der Waals surface area contributed by atoms with Crippen molar-refractivity contribution in [2.45, 2.75) is 6.92 Å². The van der Waals surface area contributed by atoms with Crippen molar-refractivity contribution < 1.29 is 4.42 Å². The van der Waals surface area contributed by atoms with E-state index in [0.717, 1.165) is 10.4 Å². The fourth-order valence-corrected chi connectivity index (χ4v) is 2.14. The normalized spacial score (nSPS) is 11.4. The average molecular weight is 285 g/mol. The van der Waals surface area contributed by atoms with Gasteiger partial charge in [-0.25, -0.2) is 0 Å². The summed E-state index contributed by atoms with van der Waals surface area (Å²) in [4.78, 5) is 15.3. The van der Waals surface area contributed by atoms with E-state index < -0.39 is 0 Å². The maximum absolute atomic E-state index is 12.3. The van der Waals surface area contributed by atoms with Gasteiger partial charge >= 0.3 is 0 Å². The molecule has 1 aromatic carbocycles. The van der Waals surface area contributed by atoms with E-state index in [1.807, 2.05) is 19.1 Å². The van der Waals surface area contributed by atoms with Crippen LogP contribution in [-0.2, 0) is 0 Å². The Labute approximate surface area is 119 Å². The molecule has 0 aliphatic carbocycles. The van der Waals surface area contributed by atoms with E-state index in [4.69, 9.17) is 16.6 Å². The van der Waals surface area contributed by atoms with Crippen LogP contribution in [0.5, 0.6) is 0 Å². The molecule has 0 spiro atoms. The second-order valence-corrected chi connectivity index (χ2v) is 4.67. The van der Waals surface area contributed by atoms with Crippen molar-refractivity contribution in [1.82, 2.24) is 9.66 Å². The van der Waals surface area contributed by atoms with E-state index >= 15 is 0 Å². The Bertz CT molecular complexity index is 918. The Balaban J connectivity index is 2.14. The van der Waals surface area contributed by atoms with E-state index in [1.165, 1.54) is 6.21 Å². The third-order valence-electron chi connectivity index (χ3n) is 2.85. The number of nitrogens with one attached hydrogen (secondary N) is 1. The molecule has 20 heavy (non-hydrogen) atoms. The molecule has 0 unspecified atom stereocenters. The zero-order valence-corrected chi connectivity index (χ0v) is 11.5. The highest BCUT2D eigenvalue weighted by Gasteiger charge is 2.03. The number of aromatic amines is 1. The molecule has 0 fully saturated rings. The van der Waals surface area contributed by atoms with Gasteiger partial charge < -0.3 is 9.40 Å². The highest BCUT2D eigenvalue weighted by atomic mass is 32.1. The zero-order chi connectivity index (χ0) is 14.1. The van der Waals surface area contributed by atoms with Gasteiger partial charge in [-0.2, -0.15) is 9.78 Å². The first-order valence-electron chi connectivity index (χ1n) is 6.00. The SMILES string of the molecule is Cc1ccc(/C=N\n2c(=S)[nH]c3ccccc3c2=O)o1. The molecule has 3 aromatic rings. The largest absolute Gasteiger partial charge is 0.460 e. The number of benzene rings is 1. The fraction of sp³-hybridized carbons (Fsp3) is 0.0714. The maximum Gasteiger partial charge on any atom is 0.282 e. The summed E-state index contributed by atoms with van der Waals surface area (Å²) in [5, 5.41) is 4.63. The third-order valence-corrected chi connectivity index (χ3v) is 3.12. The van der Waals surface area contributed by atoms with Crippen LogP contribution in [-0.4, -0.2) is 15.9 Å². The number of nitrogens with zero attached hydrogens (tertiary/aromatic N) is 2. The van der Waals surface area contributed by atoms with Crippen LogP contribution in [0.2, 0.25) is 0 Å². The van der Waals surface area contributed by atoms with Crippen molar-refractivity contribution in [3.05, 3.63) is 63.0 Å². The Hall–Kier alpha value is -2.47. The van der Waals surface area contributed by atoms with Gasteiger partial charge in [-0.15, -0.1) is 0 Å². The van der Waals surface area contributed by atoms with Gasteiger partial charge in [0, 0.05) is 0 Å². The molecular weight excluding hydrogens is 274 g/mol. The molecule has 1 N–H and O–H groups in total. The topological polar surface area (TPSA) is 63.3 Å². The molecule has 5 nitrogen and oxygen atoms in total. The number of furan rings is 1. The number of rotatable bonds is 2. The molecule has 0 atom stereocenters. The van der Waals surface area contributed by atoms with Crippen molar-refractivity contribution in [3.63, 3.8) is 0 Å². The standard InChI is InChI=1S/C14H11N3O2S/c1-9-6-7-10(19-9)8-15-17-13(18)11-4-2-3-5-12(11)16-14(17)20/h2-8H,1H3,(H,16,20)/b15-8-. The fourth-order valence-electron chi connectivity index (χ4n) is 1.90. The number of H-pyrrole nitrogens is 1. The molecule has 6 heteroatoms. The van der Waals surface area contributed by atoms with Crippen LogP contribution in [0.4, 0.5) is 0 Å². The van der Waals surface area contributed by atoms with E-state index in [1.54, 1.807) is 24.3 Å². The number of para-hydroxylation sites is 1. The smallest absolute Gasteiger partial charge is 0.282 e. The number of hydrogen-bond acceptors (Lipinski definition) is 4. The molecule has 0 amide bonds. The molecule has 2 heterocycles. The zero-order valence-electron chi connectivity index (χ0n) is 10.7. The van der Waals surface area contributed by atoms with Crippen molar-refractivity contribution in [1.29, 1.82) is 0 Å². The van der Waals surface area contributed by atoms with Crippen LogP contribution < -0.4 is 5.56 Å². The van der Waals surface area contributed by atoms with Crippen molar-refractivity contribution in [2.24, 2.45) is 5.10 Å². The molecule has 0 saturated carbocycles. The van der Waals surface area contributed by atoms with Crippen LogP contribution in [0.1, 0.15) is 11.5 Å². The van der Waals surface area contributed by atoms with Crippen LogP contribution in [0.15, 0.2) is 50.7 Å². The van der Waals surface area contributed by atoms with Crippen molar-refractivity contribution in [2.75, 3.05) is 0 Å². The summed E-state index contributed by atoms with van der Waals surface area (Å²) in [5.74, 6) is 1.35. The lowest BCUT2D eigenvalue weighted by molar-refractivity contribution is 0.527. The van der Waals surface area contributed by atoms with Crippen molar-refractivity contribution in [3.8, 4) is 0 Å². The summed E-state index contributed by atoms with van der Waals surface area (Å²) in [7, 11) is 0. The monoisotopic (exact) mass is 285 g/mol. The molecule has 0 radical (unpaired) electrons. The lowest BCUT2D eigenvalue weighted by Crippen LogP contribution is -2.18. The molecule has 0 aliphatic rings. The number of aromatic nitrogens is 2. The van der Waals surface area contributed by atoms with Gasteiger partial charge in [0.05, 0.1) is 17.1 Å². The predicted octanol–water partition coefficient (Wildman–Crippen LogP) is 2.84. The predicted molar refractivity (Wildman–Crippen MR) is 79.8 cm³/mol. The maximum atomic E-state index is 12.3. The average Bonchev–Trinajstić information content (AvgIpc) is 2.84. The first kappa shape index (κ1) is 12.6. The summed E-state index contributed by atoms with van der Waals surface area (Å²) in [6.07, 6.45) is 1.47. The third kappa shape index (κ3) is 2.21. The van der Waals surface area contributed by atoms with Crippen LogP contribution in [0, 0.1) is 11.7 Å². The van der Waals surface area contributed by atoms with E-state index in [2.05, 4.69) is 10.1 Å². The van der Waals surface area contributed by atoms with Gasteiger partial charge in [-0.05, 0) is 43.4 Å². The van der Waals surface area contributed by atoms with Gasteiger partial charge in [-0.3, -0.25) is 4.79 Å². The molecule has 100 valence electrons. The first-order valence-corrected chi connectivity index (χ1v) is 6.41. The summed E-state index contributed by atoms with van der Waals surface area (Å²) in [6, 6.07) is 10.8. The molecule has 2 aromatic heterocycles. The Morgan fingerprint density at radius 2 is 2.10 bits per heavy atom. The number of hydrogen-bond donors (Lipinski definition) is 1. The summed E-state index contributed by atoms with van der Waals surface area (Å²) in [5.41, 5.74) is 0.437. The first-order chi connectivity index (χ1) is 9.65. The van der Waals surface area contributed by atoms with Gasteiger partial charge in [0.25, 0.3) is 5.56 Å². The Morgan fingerprint density at radius 3 is 2.85 bits per heavy atom. The second-order valence-electron chi connectivity index (χ2n) is 4.29. The quantitative estimate of drug-likeness (QED) is 0.581. The lowest BCUT2D eigenvalue weighted by Gasteiger charge is -2.01. The lowest BCUT2D eigenvalue weighted by atomic mass is 10.2. The molecule has 0 aliphatic heterocycles. The number of fused-ring (bicyclic) bond motifs is 1. The highest BCUT2D eigenvalue weighted by Crippen LogP contribution is 2.06. The minimum atomic E-state index is -0.260. The summed E-state index contributed by atoms with van der Waals surface area (Å²) < 4.78 is 6.76. The van der Waals surface area contributed by atoms with E-state index in [9.17, 15) is 4.79 Å². The molecular formula is C14H11N3O2S. The minimum absolute atomic E-state index is 0.244. The van der Waals surface area contributed by atoms with E-state index in [0.29, 0.717) is 16.7 Å². The van der Waals surface area contributed by atoms with Gasteiger partial charge in [0.15, 0.2) is 0 Å². The van der Waals surface area contributed by atoms with Gasteiger partial charge in [0.1, 0.15) is 11.5 Å². The summed E-state index contributed by atoms with van der Waals surface area (Å²) >= 11 is 5.15. The van der Waals surface area contributed by atoms with Gasteiger partial charge in [0.2, 0.25) is 4.77 Å². The van der Waals surface area contributed by atoms with E-state index in [-0.39, 0.29) is 10.3 Å². The highest BCUT2D eigenvalue weighted by molar-refractivity contribution is 7.71. The Kier molecular flexibility index (Phi) is 3.08. The van der Waals surface area contributed by atoms with Crippen LogP contribution in [0.3, 0.4) is 0 Å². The molecule has 0 bridgehead atoms. The molecule has 0 saturated heterocycles.